The Morgan fingerprint density at radius 1 is 1.27 bits per heavy atom. The minimum atomic E-state index is 0.932. The van der Waals surface area contributed by atoms with Crippen LogP contribution in [0.5, 0.6) is 0 Å². The Labute approximate surface area is 97.9 Å². The van der Waals surface area contributed by atoms with Gasteiger partial charge in [-0.2, -0.15) is 12.6 Å². The maximum Gasteiger partial charge on any atom is 0.0231 e. The van der Waals surface area contributed by atoms with Gasteiger partial charge in [0.05, 0.1) is 0 Å². The molecular weight excluding hydrogens is 202 g/mol. The standard InChI is InChI=1S/C13H19NS/c1-14(7-8-15)10-11-5-6-12-3-2-4-13(12)9-11/h5-6,9,15H,2-4,7-8,10H2,1H3. The quantitative estimate of drug-likeness (QED) is 0.765. The number of rotatable bonds is 4. The topological polar surface area (TPSA) is 3.24 Å². The van der Waals surface area contributed by atoms with Crippen molar-refractivity contribution in [2.24, 2.45) is 0 Å². The predicted molar refractivity (Wildman–Crippen MR) is 68.7 cm³/mol. The minimum absolute atomic E-state index is 0.932. The zero-order valence-corrected chi connectivity index (χ0v) is 10.3. The summed E-state index contributed by atoms with van der Waals surface area (Å²) in [5.41, 5.74) is 4.59. The van der Waals surface area contributed by atoms with Crippen molar-refractivity contribution in [1.29, 1.82) is 0 Å². The number of hydrogen-bond acceptors (Lipinski definition) is 2. The van der Waals surface area contributed by atoms with E-state index in [-0.39, 0.29) is 0 Å². The van der Waals surface area contributed by atoms with Gasteiger partial charge in [-0.3, -0.25) is 0 Å². The molecule has 0 saturated carbocycles. The first-order valence-electron chi connectivity index (χ1n) is 5.69. The van der Waals surface area contributed by atoms with Crippen molar-refractivity contribution in [2.45, 2.75) is 25.8 Å². The Hall–Kier alpha value is -0.470. The molecule has 2 heteroatoms. The van der Waals surface area contributed by atoms with Crippen LogP contribution in [-0.2, 0) is 19.4 Å². The Kier molecular flexibility index (Phi) is 3.71. The molecule has 0 radical (unpaired) electrons. The normalized spacial score (nSPS) is 14.6. The minimum Gasteiger partial charge on any atom is -0.301 e. The highest BCUT2D eigenvalue weighted by Crippen LogP contribution is 2.23. The molecule has 0 unspecified atom stereocenters. The first kappa shape index (κ1) is 11.0. The van der Waals surface area contributed by atoms with Crippen LogP contribution in [0.1, 0.15) is 23.1 Å². The number of nitrogens with zero attached hydrogens (tertiary/aromatic N) is 1. The Morgan fingerprint density at radius 3 is 2.87 bits per heavy atom. The van der Waals surface area contributed by atoms with Crippen LogP contribution in [-0.4, -0.2) is 24.2 Å². The second-order valence-electron chi connectivity index (χ2n) is 4.42. The lowest BCUT2D eigenvalue weighted by molar-refractivity contribution is 0.349. The van der Waals surface area contributed by atoms with Crippen LogP contribution in [0, 0.1) is 0 Å². The third-order valence-electron chi connectivity index (χ3n) is 3.10. The van der Waals surface area contributed by atoms with E-state index in [1.54, 1.807) is 11.1 Å². The number of benzene rings is 1. The molecule has 1 nitrogen and oxygen atoms in total. The molecular formula is C13H19NS. The van der Waals surface area contributed by atoms with Gasteiger partial charge in [0.2, 0.25) is 0 Å². The van der Waals surface area contributed by atoms with Gasteiger partial charge in [-0.15, -0.1) is 0 Å². The van der Waals surface area contributed by atoms with Crippen LogP contribution in [0.2, 0.25) is 0 Å². The highest BCUT2D eigenvalue weighted by atomic mass is 32.1. The number of thiol groups is 1. The third-order valence-corrected chi connectivity index (χ3v) is 3.30. The molecule has 1 aromatic carbocycles. The highest BCUT2D eigenvalue weighted by molar-refractivity contribution is 7.80. The van der Waals surface area contributed by atoms with Crippen molar-refractivity contribution in [3.63, 3.8) is 0 Å². The Bertz CT molecular complexity index is 335. The van der Waals surface area contributed by atoms with Gasteiger partial charge in [-0.05, 0) is 43.0 Å². The third kappa shape index (κ3) is 2.76. The molecule has 0 aromatic heterocycles. The van der Waals surface area contributed by atoms with Crippen molar-refractivity contribution in [3.05, 3.63) is 34.9 Å². The molecule has 0 bridgehead atoms. The van der Waals surface area contributed by atoms with Gasteiger partial charge in [0.1, 0.15) is 0 Å². The van der Waals surface area contributed by atoms with Crippen LogP contribution in [0.25, 0.3) is 0 Å². The van der Waals surface area contributed by atoms with Gasteiger partial charge < -0.3 is 4.90 Å². The second kappa shape index (κ2) is 5.04. The van der Waals surface area contributed by atoms with Crippen molar-refractivity contribution in [1.82, 2.24) is 4.90 Å². The lowest BCUT2D eigenvalue weighted by Crippen LogP contribution is -2.20. The highest BCUT2D eigenvalue weighted by Gasteiger charge is 2.11. The van der Waals surface area contributed by atoms with Crippen molar-refractivity contribution in [3.8, 4) is 0 Å². The van der Waals surface area contributed by atoms with Crippen molar-refractivity contribution >= 4 is 12.6 Å². The zero-order valence-electron chi connectivity index (χ0n) is 9.37. The Balaban J connectivity index is 2.03. The molecule has 1 aliphatic carbocycles. The van der Waals surface area contributed by atoms with Crippen LogP contribution in [0.3, 0.4) is 0 Å². The summed E-state index contributed by atoms with van der Waals surface area (Å²) in [5.74, 6) is 0.932. The SMILES string of the molecule is CN(CCS)Cc1ccc2c(c1)CCC2. The summed E-state index contributed by atoms with van der Waals surface area (Å²) in [6.45, 7) is 2.11. The molecule has 82 valence electrons. The summed E-state index contributed by atoms with van der Waals surface area (Å²) in [5, 5.41) is 0. The lowest BCUT2D eigenvalue weighted by atomic mass is 10.1. The van der Waals surface area contributed by atoms with E-state index in [9.17, 15) is 0 Å². The largest absolute Gasteiger partial charge is 0.301 e. The van der Waals surface area contributed by atoms with Crippen LogP contribution < -0.4 is 0 Å². The summed E-state index contributed by atoms with van der Waals surface area (Å²) in [6.07, 6.45) is 3.90. The molecule has 0 fully saturated rings. The summed E-state index contributed by atoms with van der Waals surface area (Å²) >= 11 is 4.25. The van der Waals surface area contributed by atoms with Crippen LogP contribution >= 0.6 is 12.6 Å². The molecule has 2 rings (SSSR count). The fourth-order valence-corrected chi connectivity index (χ4v) is 2.63. The molecule has 0 heterocycles. The predicted octanol–water partition coefficient (Wildman–Crippen LogP) is 2.54. The average molecular weight is 221 g/mol. The molecule has 0 saturated heterocycles. The van der Waals surface area contributed by atoms with Gasteiger partial charge in [0.15, 0.2) is 0 Å². The first-order chi connectivity index (χ1) is 7.29. The summed E-state index contributed by atoms with van der Waals surface area (Å²) < 4.78 is 0. The lowest BCUT2D eigenvalue weighted by Gasteiger charge is -2.15. The molecule has 1 aliphatic rings. The fourth-order valence-electron chi connectivity index (χ4n) is 2.28. The molecule has 1 aromatic rings. The van der Waals surface area contributed by atoms with E-state index in [1.165, 1.54) is 24.8 Å². The summed E-state index contributed by atoms with van der Waals surface area (Å²) in [7, 11) is 2.16. The number of aryl methyl sites for hydroxylation is 2. The van der Waals surface area contributed by atoms with E-state index < -0.39 is 0 Å². The fraction of sp³-hybridized carbons (Fsp3) is 0.538. The zero-order chi connectivity index (χ0) is 10.7. The first-order valence-corrected chi connectivity index (χ1v) is 6.33. The summed E-state index contributed by atoms with van der Waals surface area (Å²) in [6, 6.07) is 6.97. The maximum absolute atomic E-state index is 4.25. The van der Waals surface area contributed by atoms with E-state index in [2.05, 4.69) is 42.8 Å². The second-order valence-corrected chi connectivity index (χ2v) is 4.87. The van der Waals surface area contributed by atoms with Gasteiger partial charge in [-0.25, -0.2) is 0 Å². The van der Waals surface area contributed by atoms with Gasteiger partial charge in [0.25, 0.3) is 0 Å². The van der Waals surface area contributed by atoms with Gasteiger partial charge >= 0.3 is 0 Å². The van der Waals surface area contributed by atoms with E-state index in [0.29, 0.717) is 0 Å². The van der Waals surface area contributed by atoms with Crippen molar-refractivity contribution < 1.29 is 0 Å². The average Bonchev–Trinajstić information content (AvgIpc) is 2.65. The van der Waals surface area contributed by atoms with Crippen molar-refractivity contribution in [2.75, 3.05) is 19.3 Å². The molecule has 15 heavy (non-hydrogen) atoms. The van der Waals surface area contributed by atoms with E-state index in [0.717, 1.165) is 18.8 Å². The Morgan fingerprint density at radius 2 is 2.07 bits per heavy atom. The molecule has 0 spiro atoms. The number of fused-ring (bicyclic) bond motifs is 1. The van der Waals surface area contributed by atoms with E-state index in [1.807, 2.05) is 0 Å². The maximum atomic E-state index is 4.25. The molecule has 0 amide bonds. The van der Waals surface area contributed by atoms with Crippen LogP contribution in [0.4, 0.5) is 0 Å². The van der Waals surface area contributed by atoms with E-state index in [4.69, 9.17) is 0 Å². The van der Waals surface area contributed by atoms with Gasteiger partial charge in [0, 0.05) is 18.8 Å². The molecule has 0 aliphatic heterocycles. The van der Waals surface area contributed by atoms with Gasteiger partial charge in [-0.1, -0.05) is 18.2 Å². The summed E-state index contributed by atoms with van der Waals surface area (Å²) in [4.78, 5) is 2.32. The smallest absolute Gasteiger partial charge is 0.0231 e. The molecule has 0 atom stereocenters. The monoisotopic (exact) mass is 221 g/mol. The van der Waals surface area contributed by atoms with Crippen LogP contribution in [0.15, 0.2) is 18.2 Å². The van der Waals surface area contributed by atoms with E-state index >= 15 is 0 Å². The molecule has 0 N–H and O–H groups in total. The number of hydrogen-bond donors (Lipinski definition) is 1.